The van der Waals surface area contributed by atoms with Crippen molar-refractivity contribution in [1.82, 2.24) is 14.9 Å². The minimum Gasteiger partial charge on any atom is -0.376 e. The van der Waals surface area contributed by atoms with Crippen LogP contribution in [0, 0.1) is 5.92 Å². The summed E-state index contributed by atoms with van der Waals surface area (Å²) >= 11 is 1.71. The van der Waals surface area contributed by atoms with Crippen LogP contribution in [-0.2, 0) is 28.9 Å². The first-order chi connectivity index (χ1) is 17.4. The molecule has 1 saturated heterocycles. The molecule has 2 aromatic heterocycles. The molecule has 4 heterocycles. The Balaban J connectivity index is 1.30. The third-order valence-corrected chi connectivity index (χ3v) is 8.57. The standard InChI is InChI=1S/C27H32N6O2S/c1-15-12-33(13-16(2)35-15)27(34)17-5-6-20-23(9-17)36-26-24(20)25(29-14-30-26)31-21-7-18-10-28-11-19(18)8-22(21)32(3)4/h7-8,10,14-17H,5-6,9,11-13H2,1-4H3,(H,29,30,31)/t15-,16-,17-/m0/s1. The molecule has 8 nitrogen and oxygen atoms in total. The van der Waals surface area contributed by atoms with Gasteiger partial charge in [0.1, 0.15) is 17.0 Å². The lowest BCUT2D eigenvalue weighted by Crippen LogP contribution is -2.50. The summed E-state index contributed by atoms with van der Waals surface area (Å²) in [5.41, 5.74) is 5.79. The van der Waals surface area contributed by atoms with Crippen molar-refractivity contribution in [2.24, 2.45) is 10.9 Å². The molecule has 188 valence electrons. The number of benzene rings is 1. The molecule has 0 spiro atoms. The Morgan fingerprint density at radius 3 is 2.78 bits per heavy atom. The van der Waals surface area contributed by atoms with Crippen molar-refractivity contribution >= 4 is 50.9 Å². The first-order valence-electron chi connectivity index (χ1n) is 12.7. The minimum atomic E-state index is 0.0174. The molecule has 1 N–H and O–H groups in total. The van der Waals surface area contributed by atoms with Crippen LogP contribution in [0.25, 0.3) is 10.2 Å². The van der Waals surface area contributed by atoms with E-state index in [0.29, 0.717) is 13.1 Å². The summed E-state index contributed by atoms with van der Waals surface area (Å²) in [4.78, 5) is 33.5. The number of fused-ring (bicyclic) bond motifs is 4. The SMILES string of the molecule is C[C@H]1CN(C(=O)[C@H]2CCc3c(sc4ncnc(Nc5cc6c(cc5N(C)C)CN=C6)c34)C2)C[C@H](C)O1. The molecule has 1 aromatic carbocycles. The second-order valence-electron chi connectivity index (χ2n) is 10.4. The van der Waals surface area contributed by atoms with Gasteiger partial charge >= 0.3 is 0 Å². The number of aliphatic imine (C=N–C) groups is 1. The predicted molar refractivity (Wildman–Crippen MR) is 145 cm³/mol. The molecule has 2 aliphatic heterocycles. The van der Waals surface area contributed by atoms with Gasteiger partial charge in [-0.05, 0) is 61.9 Å². The normalized spacial score (nSPS) is 23.0. The van der Waals surface area contributed by atoms with Crippen molar-refractivity contribution in [1.29, 1.82) is 0 Å². The number of anilines is 3. The Kier molecular flexibility index (Phi) is 5.92. The minimum absolute atomic E-state index is 0.0174. The van der Waals surface area contributed by atoms with Crippen LogP contribution in [0.3, 0.4) is 0 Å². The molecular formula is C27H32N6O2S. The zero-order valence-corrected chi connectivity index (χ0v) is 22.1. The summed E-state index contributed by atoms with van der Waals surface area (Å²) in [5, 5.41) is 4.71. The van der Waals surface area contributed by atoms with Gasteiger partial charge in [-0.2, -0.15) is 0 Å². The number of nitrogens with one attached hydrogen (secondary N) is 1. The number of aromatic nitrogens is 2. The van der Waals surface area contributed by atoms with Crippen LogP contribution in [0.15, 0.2) is 23.5 Å². The van der Waals surface area contributed by atoms with E-state index in [9.17, 15) is 4.79 Å². The highest BCUT2D eigenvalue weighted by molar-refractivity contribution is 7.19. The fourth-order valence-corrected chi connectivity index (χ4v) is 7.04. The molecule has 6 rings (SSSR count). The van der Waals surface area contributed by atoms with E-state index >= 15 is 0 Å². The quantitative estimate of drug-likeness (QED) is 0.574. The predicted octanol–water partition coefficient (Wildman–Crippen LogP) is 4.17. The maximum absolute atomic E-state index is 13.4. The van der Waals surface area contributed by atoms with Crippen molar-refractivity contribution in [2.75, 3.05) is 37.4 Å². The summed E-state index contributed by atoms with van der Waals surface area (Å²) in [6, 6.07) is 4.36. The Bertz CT molecular complexity index is 1360. The molecule has 3 aliphatic rings. The van der Waals surface area contributed by atoms with Crippen LogP contribution < -0.4 is 10.2 Å². The van der Waals surface area contributed by atoms with Gasteiger partial charge in [-0.15, -0.1) is 11.3 Å². The van der Waals surface area contributed by atoms with Crippen LogP contribution in [0.2, 0.25) is 0 Å². The topological polar surface area (TPSA) is 83.0 Å². The van der Waals surface area contributed by atoms with E-state index < -0.39 is 0 Å². The fraction of sp³-hybridized carbons (Fsp3) is 0.481. The van der Waals surface area contributed by atoms with E-state index in [4.69, 9.17) is 4.74 Å². The van der Waals surface area contributed by atoms with E-state index in [2.05, 4.69) is 51.4 Å². The van der Waals surface area contributed by atoms with Gasteiger partial charge in [-0.1, -0.05) is 0 Å². The molecule has 0 unspecified atom stereocenters. The van der Waals surface area contributed by atoms with Crippen molar-refractivity contribution in [3.63, 3.8) is 0 Å². The highest BCUT2D eigenvalue weighted by Crippen LogP contribution is 2.42. The smallest absolute Gasteiger partial charge is 0.226 e. The van der Waals surface area contributed by atoms with Crippen LogP contribution >= 0.6 is 11.3 Å². The van der Waals surface area contributed by atoms with Gasteiger partial charge in [0, 0.05) is 44.2 Å². The zero-order chi connectivity index (χ0) is 25.0. The van der Waals surface area contributed by atoms with Crippen LogP contribution in [-0.4, -0.2) is 66.4 Å². The Morgan fingerprint density at radius 2 is 2.00 bits per heavy atom. The van der Waals surface area contributed by atoms with E-state index in [1.807, 2.05) is 25.0 Å². The number of aryl methyl sites for hydroxylation is 1. The number of hydrogen-bond donors (Lipinski definition) is 1. The van der Waals surface area contributed by atoms with Crippen molar-refractivity contribution in [3.8, 4) is 0 Å². The lowest BCUT2D eigenvalue weighted by Gasteiger charge is -2.37. The molecule has 0 saturated carbocycles. The van der Waals surface area contributed by atoms with E-state index in [-0.39, 0.29) is 24.0 Å². The third-order valence-electron chi connectivity index (χ3n) is 7.41. The second-order valence-corrected chi connectivity index (χ2v) is 11.5. The highest BCUT2D eigenvalue weighted by Gasteiger charge is 2.34. The monoisotopic (exact) mass is 504 g/mol. The molecule has 1 fully saturated rings. The number of carbonyl (C=O) groups excluding carboxylic acids is 1. The molecule has 1 aliphatic carbocycles. The lowest BCUT2D eigenvalue weighted by molar-refractivity contribution is -0.147. The molecule has 3 aromatic rings. The van der Waals surface area contributed by atoms with Crippen LogP contribution in [0.5, 0.6) is 0 Å². The molecule has 9 heteroatoms. The van der Waals surface area contributed by atoms with Gasteiger partial charge in [-0.3, -0.25) is 9.79 Å². The number of morpholine rings is 1. The highest BCUT2D eigenvalue weighted by atomic mass is 32.1. The van der Waals surface area contributed by atoms with E-state index in [1.54, 1.807) is 17.7 Å². The molecule has 1 amide bonds. The van der Waals surface area contributed by atoms with Crippen molar-refractivity contribution < 1.29 is 9.53 Å². The number of thiophene rings is 1. The number of carbonyl (C=O) groups is 1. The molecule has 36 heavy (non-hydrogen) atoms. The first kappa shape index (κ1) is 23.4. The number of nitrogens with zero attached hydrogens (tertiary/aromatic N) is 5. The number of rotatable bonds is 4. The van der Waals surface area contributed by atoms with Crippen molar-refractivity contribution in [3.05, 3.63) is 40.0 Å². The lowest BCUT2D eigenvalue weighted by atomic mass is 9.86. The van der Waals surface area contributed by atoms with Crippen molar-refractivity contribution in [2.45, 2.75) is 51.9 Å². The summed E-state index contributed by atoms with van der Waals surface area (Å²) in [6.45, 7) is 6.18. The maximum Gasteiger partial charge on any atom is 0.226 e. The van der Waals surface area contributed by atoms with Crippen LogP contribution in [0.4, 0.5) is 17.2 Å². The van der Waals surface area contributed by atoms with Gasteiger partial charge < -0.3 is 19.9 Å². The Hall–Kier alpha value is -3.04. The Labute approximate surface area is 215 Å². The van der Waals surface area contributed by atoms with Gasteiger partial charge in [-0.25, -0.2) is 9.97 Å². The maximum atomic E-state index is 13.4. The van der Waals surface area contributed by atoms with E-state index in [1.165, 1.54) is 16.0 Å². The van der Waals surface area contributed by atoms with Gasteiger partial charge in [0.05, 0.1) is 35.5 Å². The fourth-order valence-electron chi connectivity index (χ4n) is 5.78. The number of ether oxygens (including phenoxy) is 1. The first-order valence-corrected chi connectivity index (χ1v) is 13.5. The largest absolute Gasteiger partial charge is 0.376 e. The third kappa shape index (κ3) is 4.14. The summed E-state index contributed by atoms with van der Waals surface area (Å²) in [5.74, 6) is 1.11. The van der Waals surface area contributed by atoms with E-state index in [0.717, 1.165) is 58.8 Å². The Morgan fingerprint density at radius 1 is 1.19 bits per heavy atom. The number of amides is 1. The summed E-state index contributed by atoms with van der Waals surface area (Å²) in [6.07, 6.45) is 6.23. The molecular weight excluding hydrogens is 472 g/mol. The summed E-state index contributed by atoms with van der Waals surface area (Å²) < 4.78 is 5.84. The zero-order valence-electron chi connectivity index (χ0n) is 21.2. The molecule has 3 atom stereocenters. The van der Waals surface area contributed by atoms with Gasteiger partial charge in [0.2, 0.25) is 5.91 Å². The van der Waals surface area contributed by atoms with Crippen LogP contribution in [0.1, 0.15) is 41.8 Å². The van der Waals surface area contributed by atoms with Gasteiger partial charge in [0.15, 0.2) is 0 Å². The average molecular weight is 505 g/mol. The van der Waals surface area contributed by atoms with Gasteiger partial charge in [0.25, 0.3) is 0 Å². The average Bonchev–Trinajstić information content (AvgIpc) is 3.46. The number of hydrogen-bond acceptors (Lipinski definition) is 8. The second kappa shape index (κ2) is 9.12. The summed E-state index contributed by atoms with van der Waals surface area (Å²) in [7, 11) is 4.11. The molecule has 0 radical (unpaired) electrons. The molecule has 0 bridgehead atoms.